The van der Waals surface area contributed by atoms with E-state index in [0.717, 1.165) is 35.2 Å². The largest absolute Gasteiger partial charge is 0.497 e. The molecular formula is C26H22N4O2. The maximum Gasteiger partial charge on any atom is 0.253 e. The zero-order valence-corrected chi connectivity index (χ0v) is 17.7. The molecule has 0 saturated carbocycles. The van der Waals surface area contributed by atoms with Crippen molar-refractivity contribution in [1.82, 2.24) is 14.5 Å². The van der Waals surface area contributed by atoms with Crippen molar-refractivity contribution in [2.24, 2.45) is 0 Å². The van der Waals surface area contributed by atoms with E-state index in [9.17, 15) is 4.79 Å². The molecule has 3 aliphatic heterocycles. The van der Waals surface area contributed by atoms with Crippen LogP contribution < -0.4 is 9.64 Å². The zero-order valence-electron chi connectivity index (χ0n) is 17.7. The zero-order chi connectivity index (χ0) is 21.4. The second-order valence-corrected chi connectivity index (χ2v) is 8.84. The fourth-order valence-electron chi connectivity index (χ4n) is 5.87. The van der Waals surface area contributed by atoms with E-state index in [1.807, 2.05) is 41.3 Å². The van der Waals surface area contributed by atoms with Gasteiger partial charge in [-0.15, -0.1) is 0 Å². The summed E-state index contributed by atoms with van der Waals surface area (Å²) in [5.41, 5.74) is 5.28. The van der Waals surface area contributed by atoms with Crippen molar-refractivity contribution in [3.05, 3.63) is 84.3 Å². The van der Waals surface area contributed by atoms with Gasteiger partial charge in [-0.1, -0.05) is 6.07 Å². The lowest BCUT2D eigenvalue weighted by molar-refractivity contribution is 0.0724. The number of carbonyl (C=O) groups excluding carboxylic acids is 1. The molecule has 1 spiro atoms. The molecule has 2 aromatic carbocycles. The Kier molecular flexibility index (Phi) is 3.42. The van der Waals surface area contributed by atoms with E-state index in [1.54, 1.807) is 13.3 Å². The number of pyridine rings is 1. The standard InChI is InChI=1S/C26H22N4O2/c1-32-19-7-9-21-22(15-19)30-24-16-28(13-10-26(24,30)23-5-3-12-29(21)23)25(31)18-6-8-20-17(14-18)4-2-11-27-20/h2-9,11-12,14-15,24H,10,13,16H2,1H3. The molecule has 2 aromatic heterocycles. The van der Waals surface area contributed by atoms with Crippen molar-refractivity contribution >= 4 is 22.5 Å². The van der Waals surface area contributed by atoms with E-state index in [4.69, 9.17) is 4.74 Å². The molecule has 4 aromatic rings. The summed E-state index contributed by atoms with van der Waals surface area (Å²) in [6.45, 7) is 1.45. The molecule has 2 fully saturated rings. The van der Waals surface area contributed by atoms with Crippen LogP contribution in [0.25, 0.3) is 16.6 Å². The van der Waals surface area contributed by atoms with Crippen LogP contribution in [0.4, 0.5) is 5.69 Å². The van der Waals surface area contributed by atoms with Crippen LogP contribution in [0.15, 0.2) is 73.1 Å². The lowest BCUT2D eigenvalue weighted by Crippen LogP contribution is -2.42. The van der Waals surface area contributed by atoms with Crippen LogP contribution >= 0.6 is 0 Å². The van der Waals surface area contributed by atoms with Crippen LogP contribution in [0.3, 0.4) is 0 Å². The Balaban J connectivity index is 1.24. The molecule has 0 radical (unpaired) electrons. The third kappa shape index (κ3) is 2.19. The summed E-state index contributed by atoms with van der Waals surface area (Å²) >= 11 is 0. The third-order valence-electron chi connectivity index (χ3n) is 7.41. The van der Waals surface area contributed by atoms with Gasteiger partial charge in [0.2, 0.25) is 0 Å². The lowest BCUT2D eigenvalue weighted by Gasteiger charge is -2.32. The number of hydrogen-bond donors (Lipinski definition) is 0. The van der Waals surface area contributed by atoms with Crippen LogP contribution in [0.1, 0.15) is 22.5 Å². The van der Waals surface area contributed by atoms with Crippen LogP contribution in [0.2, 0.25) is 0 Å². The van der Waals surface area contributed by atoms with Gasteiger partial charge in [-0.2, -0.15) is 0 Å². The molecular weight excluding hydrogens is 400 g/mol. The van der Waals surface area contributed by atoms with Gasteiger partial charge in [-0.3, -0.25) is 9.78 Å². The van der Waals surface area contributed by atoms with Crippen LogP contribution in [-0.2, 0) is 5.54 Å². The molecule has 158 valence electrons. The molecule has 2 saturated heterocycles. The number of nitrogens with zero attached hydrogens (tertiary/aromatic N) is 4. The molecule has 2 unspecified atom stereocenters. The maximum absolute atomic E-state index is 13.4. The van der Waals surface area contributed by atoms with E-state index in [-0.39, 0.29) is 17.5 Å². The summed E-state index contributed by atoms with van der Waals surface area (Å²) in [5, 5.41) is 0.995. The summed E-state index contributed by atoms with van der Waals surface area (Å²) in [6, 6.07) is 20.6. The average Bonchev–Trinajstić information content (AvgIpc) is 3.26. The minimum atomic E-state index is -0.0348. The van der Waals surface area contributed by atoms with Gasteiger partial charge in [0.15, 0.2) is 0 Å². The Morgan fingerprint density at radius 3 is 2.94 bits per heavy atom. The van der Waals surface area contributed by atoms with E-state index in [1.165, 1.54) is 17.1 Å². The highest BCUT2D eigenvalue weighted by Gasteiger charge is 2.69. The highest BCUT2D eigenvalue weighted by atomic mass is 16.5. The molecule has 6 nitrogen and oxygen atoms in total. The van der Waals surface area contributed by atoms with Crippen molar-refractivity contribution in [3.8, 4) is 11.4 Å². The average molecular weight is 422 g/mol. The van der Waals surface area contributed by atoms with Crippen LogP contribution in [-0.4, -0.2) is 46.6 Å². The summed E-state index contributed by atoms with van der Waals surface area (Å²) in [5.74, 6) is 0.951. The number of piperidine rings is 1. The summed E-state index contributed by atoms with van der Waals surface area (Å²) in [6.07, 6.45) is 4.84. The first-order valence-electron chi connectivity index (χ1n) is 11.0. The third-order valence-corrected chi connectivity index (χ3v) is 7.41. The number of aromatic nitrogens is 2. The first kappa shape index (κ1) is 17.8. The maximum atomic E-state index is 13.4. The second kappa shape index (κ2) is 6.13. The number of methoxy groups -OCH3 is 1. The molecule has 32 heavy (non-hydrogen) atoms. The first-order valence-corrected chi connectivity index (χ1v) is 11.0. The number of carbonyl (C=O) groups is 1. The van der Waals surface area contributed by atoms with E-state index in [2.05, 4.69) is 44.9 Å². The van der Waals surface area contributed by atoms with Gasteiger partial charge in [0.05, 0.1) is 35.7 Å². The van der Waals surface area contributed by atoms with E-state index in [0.29, 0.717) is 6.54 Å². The Morgan fingerprint density at radius 1 is 1.09 bits per heavy atom. The van der Waals surface area contributed by atoms with Crippen LogP contribution in [0.5, 0.6) is 5.75 Å². The number of ether oxygens (including phenoxy) is 1. The number of anilines is 1. The normalized spacial score (nSPS) is 22.6. The van der Waals surface area contributed by atoms with Gasteiger partial charge in [0.25, 0.3) is 5.91 Å². The predicted octanol–water partition coefficient (Wildman–Crippen LogP) is 3.98. The van der Waals surface area contributed by atoms with Gasteiger partial charge < -0.3 is 19.1 Å². The van der Waals surface area contributed by atoms with Crippen molar-refractivity contribution in [2.45, 2.75) is 18.0 Å². The number of rotatable bonds is 2. The minimum Gasteiger partial charge on any atom is -0.497 e. The number of benzene rings is 2. The highest BCUT2D eigenvalue weighted by Crippen LogP contribution is 2.62. The number of likely N-dealkylation sites (tertiary alicyclic amines) is 1. The smallest absolute Gasteiger partial charge is 0.253 e. The Hall–Kier alpha value is -3.80. The number of hydrogen-bond acceptors (Lipinski definition) is 4. The first-order chi connectivity index (χ1) is 15.7. The number of amides is 1. The second-order valence-electron chi connectivity index (χ2n) is 8.84. The monoisotopic (exact) mass is 422 g/mol. The van der Waals surface area contributed by atoms with Crippen LogP contribution in [0, 0.1) is 0 Å². The van der Waals surface area contributed by atoms with Gasteiger partial charge in [0.1, 0.15) is 11.3 Å². The van der Waals surface area contributed by atoms with E-state index >= 15 is 0 Å². The van der Waals surface area contributed by atoms with Crippen molar-refractivity contribution in [2.75, 3.05) is 25.1 Å². The number of fused-ring (bicyclic) bond motifs is 6. The molecule has 6 heteroatoms. The molecule has 1 amide bonds. The minimum absolute atomic E-state index is 0.0348. The fraction of sp³-hybridized carbons (Fsp3) is 0.231. The fourth-order valence-corrected chi connectivity index (χ4v) is 5.87. The molecule has 2 atom stereocenters. The van der Waals surface area contributed by atoms with E-state index < -0.39 is 0 Å². The molecule has 0 bridgehead atoms. The summed E-state index contributed by atoms with van der Waals surface area (Å²) < 4.78 is 7.82. The molecule has 3 aliphatic rings. The highest BCUT2D eigenvalue weighted by molar-refractivity contribution is 5.98. The van der Waals surface area contributed by atoms with Gasteiger partial charge in [0, 0.05) is 42.5 Å². The SMILES string of the molecule is COc1ccc2c(c1)N1C3CN(C(=O)c4ccc5ncccc5c4)CCC31c1cccn1-2. The topological polar surface area (TPSA) is 50.4 Å². The lowest BCUT2D eigenvalue weighted by atomic mass is 9.91. The molecule has 5 heterocycles. The predicted molar refractivity (Wildman–Crippen MR) is 123 cm³/mol. The Bertz CT molecular complexity index is 1410. The van der Waals surface area contributed by atoms with Gasteiger partial charge >= 0.3 is 0 Å². The van der Waals surface area contributed by atoms with Crippen molar-refractivity contribution < 1.29 is 9.53 Å². The quantitative estimate of drug-likeness (QED) is 0.459. The Labute approximate surface area is 185 Å². The molecule has 0 aliphatic carbocycles. The van der Waals surface area contributed by atoms with Gasteiger partial charge in [-0.25, -0.2) is 0 Å². The summed E-state index contributed by atoms with van der Waals surface area (Å²) in [4.78, 5) is 22.3. The summed E-state index contributed by atoms with van der Waals surface area (Å²) in [7, 11) is 1.70. The van der Waals surface area contributed by atoms with Gasteiger partial charge in [-0.05, 0) is 55.0 Å². The van der Waals surface area contributed by atoms with Crippen molar-refractivity contribution in [1.29, 1.82) is 0 Å². The molecule has 7 rings (SSSR count). The Morgan fingerprint density at radius 2 is 2.03 bits per heavy atom. The van der Waals surface area contributed by atoms with Crippen molar-refractivity contribution in [3.63, 3.8) is 0 Å². The molecule has 0 N–H and O–H groups in total.